The van der Waals surface area contributed by atoms with Gasteiger partial charge in [-0.1, -0.05) is 0 Å². The summed E-state index contributed by atoms with van der Waals surface area (Å²) in [6, 6.07) is 9.35. The number of hydrogen-bond donors (Lipinski definition) is 2. The second-order valence-electron chi connectivity index (χ2n) is 4.45. The molecule has 2 rings (SSSR count). The molecule has 2 aromatic carbocycles. The maximum atomic E-state index is 11.0. The molecule has 0 atom stereocenters. The average Bonchev–Trinajstić information content (AvgIpc) is 2.53. The third-order valence-corrected chi connectivity index (χ3v) is 3.08. The molecular formula is C16H16O6. The van der Waals surface area contributed by atoms with Gasteiger partial charge in [-0.25, -0.2) is 4.79 Å². The number of carboxylic acids is 1. The van der Waals surface area contributed by atoms with Crippen LogP contribution in [0, 0.1) is 0 Å². The minimum atomic E-state index is -1.22. The van der Waals surface area contributed by atoms with Crippen molar-refractivity contribution < 1.29 is 29.2 Å². The Kier molecular flexibility index (Phi) is 4.73. The van der Waals surface area contributed by atoms with Gasteiger partial charge in [0.15, 0.2) is 0 Å². The van der Waals surface area contributed by atoms with Crippen LogP contribution in [0.4, 0.5) is 0 Å². The molecule has 0 aromatic heterocycles. The van der Waals surface area contributed by atoms with E-state index in [1.807, 2.05) is 0 Å². The SMILES string of the molecule is COc1ccc(OC)c(COc2ccc(O)c(C(=O)O)c2)c1. The van der Waals surface area contributed by atoms with Crippen molar-refractivity contribution in [2.24, 2.45) is 0 Å². The first kappa shape index (κ1) is 15.5. The maximum absolute atomic E-state index is 11.0. The van der Waals surface area contributed by atoms with Crippen molar-refractivity contribution in [1.82, 2.24) is 0 Å². The monoisotopic (exact) mass is 304 g/mol. The van der Waals surface area contributed by atoms with Gasteiger partial charge in [-0.05, 0) is 36.4 Å². The van der Waals surface area contributed by atoms with Crippen molar-refractivity contribution in [3.63, 3.8) is 0 Å². The van der Waals surface area contributed by atoms with E-state index < -0.39 is 5.97 Å². The third kappa shape index (κ3) is 3.41. The highest BCUT2D eigenvalue weighted by molar-refractivity contribution is 5.91. The van der Waals surface area contributed by atoms with Gasteiger partial charge in [-0.2, -0.15) is 0 Å². The number of phenols is 1. The summed E-state index contributed by atoms with van der Waals surface area (Å²) in [7, 11) is 3.11. The van der Waals surface area contributed by atoms with Crippen LogP contribution in [0.25, 0.3) is 0 Å². The summed E-state index contributed by atoms with van der Waals surface area (Å²) >= 11 is 0. The standard InChI is InChI=1S/C16H16O6/c1-20-11-4-6-15(21-2)10(7-11)9-22-12-3-5-14(17)13(8-12)16(18)19/h3-8,17H,9H2,1-2H3,(H,18,19). The normalized spacial score (nSPS) is 10.1. The zero-order chi connectivity index (χ0) is 16.1. The van der Waals surface area contributed by atoms with E-state index in [9.17, 15) is 9.90 Å². The molecular weight excluding hydrogens is 288 g/mol. The molecule has 22 heavy (non-hydrogen) atoms. The molecule has 0 spiro atoms. The van der Waals surface area contributed by atoms with Gasteiger partial charge in [0.2, 0.25) is 0 Å². The molecule has 0 heterocycles. The number of aromatic hydroxyl groups is 1. The fraction of sp³-hybridized carbons (Fsp3) is 0.188. The van der Waals surface area contributed by atoms with Crippen LogP contribution in [-0.2, 0) is 6.61 Å². The molecule has 0 aliphatic heterocycles. The third-order valence-electron chi connectivity index (χ3n) is 3.08. The molecule has 0 unspecified atom stereocenters. The zero-order valence-corrected chi connectivity index (χ0v) is 12.2. The fourth-order valence-electron chi connectivity index (χ4n) is 1.93. The Morgan fingerprint density at radius 1 is 1.05 bits per heavy atom. The molecule has 2 aromatic rings. The van der Waals surface area contributed by atoms with E-state index in [2.05, 4.69) is 0 Å². The Morgan fingerprint density at radius 2 is 1.77 bits per heavy atom. The lowest BCUT2D eigenvalue weighted by molar-refractivity contribution is 0.0693. The van der Waals surface area contributed by atoms with E-state index in [4.69, 9.17) is 19.3 Å². The first-order valence-electron chi connectivity index (χ1n) is 6.45. The van der Waals surface area contributed by atoms with Gasteiger partial charge in [-0.3, -0.25) is 0 Å². The van der Waals surface area contributed by atoms with Crippen molar-refractivity contribution in [3.8, 4) is 23.0 Å². The number of carboxylic acid groups (broad SMARTS) is 1. The van der Waals surface area contributed by atoms with E-state index in [0.29, 0.717) is 17.2 Å². The van der Waals surface area contributed by atoms with Gasteiger partial charge in [0.05, 0.1) is 14.2 Å². The highest BCUT2D eigenvalue weighted by Gasteiger charge is 2.12. The minimum absolute atomic E-state index is 0.171. The molecule has 0 bridgehead atoms. The van der Waals surface area contributed by atoms with Crippen molar-refractivity contribution in [2.45, 2.75) is 6.61 Å². The van der Waals surface area contributed by atoms with Crippen LogP contribution in [0.15, 0.2) is 36.4 Å². The number of benzene rings is 2. The summed E-state index contributed by atoms with van der Waals surface area (Å²) < 4.78 is 16.0. The first-order chi connectivity index (χ1) is 10.5. The summed E-state index contributed by atoms with van der Waals surface area (Å²) in [5.74, 6) is 0.107. The molecule has 0 amide bonds. The largest absolute Gasteiger partial charge is 0.507 e. The van der Waals surface area contributed by atoms with E-state index in [1.165, 1.54) is 18.2 Å². The fourth-order valence-corrected chi connectivity index (χ4v) is 1.93. The van der Waals surface area contributed by atoms with Gasteiger partial charge in [0.1, 0.15) is 35.2 Å². The van der Waals surface area contributed by atoms with Crippen molar-refractivity contribution in [2.75, 3.05) is 14.2 Å². The van der Waals surface area contributed by atoms with Crippen LogP contribution in [0.3, 0.4) is 0 Å². The predicted molar refractivity (Wildman–Crippen MR) is 78.9 cm³/mol. The topological polar surface area (TPSA) is 85.2 Å². The quantitative estimate of drug-likeness (QED) is 0.853. The van der Waals surface area contributed by atoms with E-state index in [-0.39, 0.29) is 17.9 Å². The summed E-state index contributed by atoms with van der Waals surface area (Å²) in [5.41, 5.74) is 0.543. The minimum Gasteiger partial charge on any atom is -0.507 e. The second-order valence-corrected chi connectivity index (χ2v) is 4.45. The molecule has 6 heteroatoms. The van der Waals surface area contributed by atoms with Crippen LogP contribution in [-0.4, -0.2) is 30.4 Å². The molecule has 0 aliphatic carbocycles. The molecule has 6 nitrogen and oxygen atoms in total. The molecule has 0 aliphatic rings. The number of aromatic carboxylic acids is 1. The Bertz CT molecular complexity index is 680. The van der Waals surface area contributed by atoms with Crippen molar-refractivity contribution >= 4 is 5.97 Å². The maximum Gasteiger partial charge on any atom is 0.339 e. The Balaban J connectivity index is 2.19. The molecule has 0 fully saturated rings. The average molecular weight is 304 g/mol. The van der Waals surface area contributed by atoms with E-state index in [1.54, 1.807) is 32.4 Å². The van der Waals surface area contributed by atoms with E-state index >= 15 is 0 Å². The van der Waals surface area contributed by atoms with Crippen LogP contribution < -0.4 is 14.2 Å². The van der Waals surface area contributed by atoms with Gasteiger partial charge in [0.25, 0.3) is 0 Å². The number of methoxy groups -OCH3 is 2. The number of hydrogen-bond acceptors (Lipinski definition) is 5. The number of ether oxygens (including phenoxy) is 3. The summed E-state index contributed by atoms with van der Waals surface area (Å²) in [6.45, 7) is 0.171. The van der Waals surface area contributed by atoms with Gasteiger partial charge in [0, 0.05) is 5.56 Å². The smallest absolute Gasteiger partial charge is 0.339 e. The zero-order valence-electron chi connectivity index (χ0n) is 12.2. The molecule has 116 valence electrons. The molecule has 2 N–H and O–H groups in total. The summed E-state index contributed by atoms with van der Waals surface area (Å²) in [4.78, 5) is 11.0. The highest BCUT2D eigenvalue weighted by Crippen LogP contribution is 2.27. The Morgan fingerprint density at radius 3 is 2.41 bits per heavy atom. The van der Waals surface area contributed by atoms with Gasteiger partial charge in [-0.15, -0.1) is 0 Å². The molecule has 0 saturated carbocycles. The summed E-state index contributed by atoms with van der Waals surface area (Å²) in [5, 5.41) is 18.4. The molecule has 0 radical (unpaired) electrons. The van der Waals surface area contributed by atoms with Crippen molar-refractivity contribution in [3.05, 3.63) is 47.5 Å². The van der Waals surface area contributed by atoms with Gasteiger partial charge < -0.3 is 24.4 Å². The lowest BCUT2D eigenvalue weighted by Crippen LogP contribution is -2.01. The lowest BCUT2D eigenvalue weighted by atomic mass is 10.2. The van der Waals surface area contributed by atoms with Crippen molar-refractivity contribution in [1.29, 1.82) is 0 Å². The second kappa shape index (κ2) is 6.71. The van der Waals surface area contributed by atoms with Crippen LogP contribution in [0.1, 0.15) is 15.9 Å². The van der Waals surface area contributed by atoms with Crippen LogP contribution in [0.5, 0.6) is 23.0 Å². The van der Waals surface area contributed by atoms with Crippen LogP contribution in [0.2, 0.25) is 0 Å². The van der Waals surface area contributed by atoms with Gasteiger partial charge >= 0.3 is 5.97 Å². The molecule has 0 saturated heterocycles. The Hall–Kier alpha value is -2.89. The highest BCUT2D eigenvalue weighted by atomic mass is 16.5. The van der Waals surface area contributed by atoms with Crippen LogP contribution >= 0.6 is 0 Å². The summed E-state index contributed by atoms with van der Waals surface area (Å²) in [6.07, 6.45) is 0. The number of rotatable bonds is 6. The first-order valence-corrected chi connectivity index (χ1v) is 6.45. The Labute approximate surface area is 127 Å². The number of carbonyl (C=O) groups is 1. The van der Waals surface area contributed by atoms with E-state index in [0.717, 1.165) is 5.56 Å². The lowest BCUT2D eigenvalue weighted by Gasteiger charge is -2.12. The predicted octanol–water partition coefficient (Wildman–Crippen LogP) is 2.69.